The van der Waals surface area contributed by atoms with Crippen molar-refractivity contribution in [3.05, 3.63) is 55.4 Å². The van der Waals surface area contributed by atoms with Crippen LogP contribution in [0.15, 0.2) is 34.8 Å². The number of carbonyl (C=O) groups is 1. The number of benzene rings is 2. The smallest absolute Gasteiger partial charge is 0.255 e. The highest BCUT2D eigenvalue weighted by Gasteiger charge is 2.13. The number of hydrogen-bond donors (Lipinski definition) is 2. The molecule has 3 N–H and O–H groups in total. The van der Waals surface area contributed by atoms with Crippen molar-refractivity contribution in [3.8, 4) is 0 Å². The average molecular weight is 394 g/mol. The summed E-state index contributed by atoms with van der Waals surface area (Å²) in [5, 5.41) is 3.62. The maximum Gasteiger partial charge on any atom is 0.255 e. The highest BCUT2D eigenvalue weighted by Crippen LogP contribution is 2.34. The Labute approximate surface area is 139 Å². The number of rotatable bonds is 2. The van der Waals surface area contributed by atoms with Crippen molar-refractivity contribution in [1.82, 2.24) is 0 Å². The molecule has 0 heterocycles. The van der Waals surface area contributed by atoms with E-state index in [0.717, 1.165) is 4.47 Å². The molecule has 0 aliphatic heterocycles. The molecule has 0 radical (unpaired) electrons. The molecule has 1 amide bonds. The minimum Gasteiger partial charge on any atom is -0.398 e. The van der Waals surface area contributed by atoms with Crippen molar-refractivity contribution in [1.29, 1.82) is 0 Å². The summed E-state index contributed by atoms with van der Waals surface area (Å²) in [6, 6.07) is 7.88. The zero-order valence-electron chi connectivity index (χ0n) is 9.88. The van der Waals surface area contributed by atoms with Gasteiger partial charge < -0.3 is 11.1 Å². The largest absolute Gasteiger partial charge is 0.398 e. The number of nitrogens with two attached hydrogens (primary N) is 1. The van der Waals surface area contributed by atoms with Gasteiger partial charge in [-0.05, 0) is 30.3 Å². The normalized spacial score (nSPS) is 10.4. The molecule has 0 fully saturated rings. The van der Waals surface area contributed by atoms with Crippen molar-refractivity contribution in [3.63, 3.8) is 0 Å². The van der Waals surface area contributed by atoms with Crippen LogP contribution in [0.4, 0.5) is 11.4 Å². The summed E-state index contributed by atoms with van der Waals surface area (Å²) >= 11 is 21.2. The fourth-order valence-corrected chi connectivity index (χ4v) is 3.00. The Hall–Kier alpha value is -0.940. The predicted molar refractivity (Wildman–Crippen MR) is 88.0 cm³/mol. The van der Waals surface area contributed by atoms with E-state index >= 15 is 0 Å². The second-order valence-corrected chi connectivity index (χ2v) is 6.07. The standard InChI is InChI=1S/C13H8BrCl3N2O/c14-7-4-9(16)12(10(17)5-7)19-13(20)6-1-2-11(18)8(15)3-6/h1-5H,18H2,(H,19,20). The lowest BCUT2D eigenvalue weighted by Crippen LogP contribution is -2.12. The summed E-state index contributed by atoms with van der Waals surface area (Å²) in [7, 11) is 0. The Balaban J connectivity index is 2.30. The molecule has 0 bridgehead atoms. The van der Waals surface area contributed by atoms with E-state index in [1.54, 1.807) is 24.3 Å². The molecule has 0 aliphatic carbocycles. The van der Waals surface area contributed by atoms with Crippen molar-refractivity contribution in [2.24, 2.45) is 0 Å². The van der Waals surface area contributed by atoms with Gasteiger partial charge in [-0.2, -0.15) is 0 Å². The first-order valence-corrected chi connectivity index (χ1v) is 7.32. The SMILES string of the molecule is Nc1ccc(C(=O)Nc2c(Cl)cc(Br)cc2Cl)cc1Cl. The van der Waals surface area contributed by atoms with E-state index in [1.807, 2.05) is 0 Å². The highest BCUT2D eigenvalue weighted by molar-refractivity contribution is 9.10. The van der Waals surface area contributed by atoms with Crippen molar-refractivity contribution >= 4 is 68.0 Å². The van der Waals surface area contributed by atoms with Gasteiger partial charge in [0.05, 0.1) is 26.4 Å². The molecular weight excluding hydrogens is 386 g/mol. The zero-order valence-corrected chi connectivity index (χ0v) is 13.7. The van der Waals surface area contributed by atoms with Crippen molar-refractivity contribution in [2.75, 3.05) is 11.1 Å². The lowest BCUT2D eigenvalue weighted by Gasteiger charge is -2.10. The average Bonchev–Trinajstić information content (AvgIpc) is 2.36. The van der Waals surface area contributed by atoms with Crippen LogP contribution in [0, 0.1) is 0 Å². The minimum absolute atomic E-state index is 0.311. The van der Waals surface area contributed by atoms with Crippen molar-refractivity contribution < 1.29 is 4.79 Å². The summed E-state index contributed by atoms with van der Waals surface area (Å²) in [6.45, 7) is 0. The van der Waals surface area contributed by atoms with Gasteiger partial charge in [0.1, 0.15) is 0 Å². The molecule has 2 rings (SSSR count). The summed E-state index contributed by atoms with van der Waals surface area (Å²) < 4.78 is 0.723. The second-order valence-electron chi connectivity index (χ2n) is 3.93. The van der Waals surface area contributed by atoms with Crippen LogP contribution in [0.3, 0.4) is 0 Å². The molecular formula is C13H8BrCl3N2O. The molecule has 0 saturated heterocycles. The van der Waals surface area contributed by atoms with Gasteiger partial charge >= 0.3 is 0 Å². The number of nitrogens with one attached hydrogen (secondary N) is 1. The third-order valence-corrected chi connectivity index (χ3v) is 3.89. The number of anilines is 2. The van der Waals surface area contributed by atoms with E-state index in [-0.39, 0.29) is 5.91 Å². The van der Waals surface area contributed by atoms with Crippen LogP contribution in [0.1, 0.15) is 10.4 Å². The van der Waals surface area contributed by atoms with Crippen LogP contribution in [-0.2, 0) is 0 Å². The quantitative estimate of drug-likeness (QED) is 0.684. The third kappa shape index (κ3) is 3.38. The van der Waals surface area contributed by atoms with E-state index < -0.39 is 0 Å². The molecule has 0 aromatic heterocycles. The Kier molecular flexibility index (Phi) is 4.81. The molecule has 0 saturated carbocycles. The fraction of sp³-hybridized carbons (Fsp3) is 0. The van der Waals surface area contributed by atoms with Gasteiger partial charge in [-0.15, -0.1) is 0 Å². The van der Waals surface area contributed by atoms with Gasteiger partial charge in [-0.25, -0.2) is 0 Å². The number of nitrogen functional groups attached to an aromatic ring is 1. The number of amides is 1. The maximum atomic E-state index is 12.1. The van der Waals surface area contributed by atoms with Gasteiger partial charge in [-0.3, -0.25) is 4.79 Å². The molecule has 7 heteroatoms. The van der Waals surface area contributed by atoms with Crippen molar-refractivity contribution in [2.45, 2.75) is 0 Å². The van der Waals surface area contributed by atoms with Gasteiger partial charge in [-0.1, -0.05) is 50.7 Å². The van der Waals surface area contributed by atoms with E-state index in [9.17, 15) is 4.79 Å². The first-order chi connectivity index (χ1) is 9.38. The maximum absolute atomic E-state index is 12.1. The summed E-state index contributed by atoms with van der Waals surface area (Å²) in [4.78, 5) is 12.1. The van der Waals surface area contributed by atoms with Gasteiger partial charge in [0, 0.05) is 10.0 Å². The zero-order chi connectivity index (χ0) is 14.9. The molecule has 0 spiro atoms. The van der Waals surface area contributed by atoms with Crippen LogP contribution >= 0.6 is 50.7 Å². The molecule has 104 valence electrons. The number of carbonyl (C=O) groups excluding carboxylic acids is 1. The fourth-order valence-electron chi connectivity index (χ4n) is 1.52. The monoisotopic (exact) mass is 392 g/mol. The van der Waals surface area contributed by atoms with Gasteiger partial charge in [0.15, 0.2) is 0 Å². The Morgan fingerprint density at radius 1 is 1.05 bits per heavy atom. The lowest BCUT2D eigenvalue weighted by atomic mass is 10.2. The van der Waals surface area contributed by atoms with E-state index in [0.29, 0.717) is 32.0 Å². The van der Waals surface area contributed by atoms with Crippen LogP contribution in [0.25, 0.3) is 0 Å². The first kappa shape index (κ1) is 15.4. The van der Waals surface area contributed by atoms with E-state index in [2.05, 4.69) is 21.2 Å². The molecule has 3 nitrogen and oxygen atoms in total. The van der Waals surface area contributed by atoms with Gasteiger partial charge in [0.2, 0.25) is 0 Å². The minimum atomic E-state index is -0.377. The number of halogens is 4. The second kappa shape index (κ2) is 6.22. The van der Waals surface area contributed by atoms with E-state index in [1.165, 1.54) is 6.07 Å². The molecule has 20 heavy (non-hydrogen) atoms. The molecule has 0 aliphatic rings. The first-order valence-electron chi connectivity index (χ1n) is 5.39. The molecule has 2 aromatic rings. The highest BCUT2D eigenvalue weighted by atomic mass is 79.9. The Bertz CT molecular complexity index is 668. The van der Waals surface area contributed by atoms with E-state index in [4.69, 9.17) is 40.5 Å². The third-order valence-electron chi connectivity index (χ3n) is 2.51. The van der Waals surface area contributed by atoms with Crippen LogP contribution in [-0.4, -0.2) is 5.91 Å². The molecule has 0 atom stereocenters. The summed E-state index contributed by atoms with van der Waals surface area (Å²) in [6.07, 6.45) is 0. The topological polar surface area (TPSA) is 55.1 Å². The number of hydrogen-bond acceptors (Lipinski definition) is 2. The lowest BCUT2D eigenvalue weighted by molar-refractivity contribution is 0.102. The Morgan fingerprint density at radius 2 is 1.65 bits per heavy atom. The predicted octanol–water partition coefficient (Wildman–Crippen LogP) is 5.24. The van der Waals surface area contributed by atoms with Crippen LogP contribution in [0.2, 0.25) is 15.1 Å². The summed E-state index contributed by atoms with van der Waals surface area (Å²) in [5.74, 6) is -0.377. The summed E-state index contributed by atoms with van der Waals surface area (Å²) in [5.41, 5.74) is 6.70. The van der Waals surface area contributed by atoms with Crippen LogP contribution < -0.4 is 11.1 Å². The van der Waals surface area contributed by atoms with Gasteiger partial charge in [0.25, 0.3) is 5.91 Å². The molecule has 2 aromatic carbocycles. The Morgan fingerprint density at radius 3 is 2.20 bits per heavy atom. The molecule has 0 unspecified atom stereocenters. The van der Waals surface area contributed by atoms with Crippen LogP contribution in [0.5, 0.6) is 0 Å².